The zero-order valence-electron chi connectivity index (χ0n) is 11.3. The predicted octanol–water partition coefficient (Wildman–Crippen LogP) is 4.25. The van der Waals surface area contributed by atoms with Crippen molar-refractivity contribution in [3.8, 4) is 0 Å². The Kier molecular flexibility index (Phi) is 4.06. The summed E-state index contributed by atoms with van der Waals surface area (Å²) in [6.07, 6.45) is 5.25. The zero-order valence-corrected chi connectivity index (χ0v) is 12.9. The molecule has 0 aliphatic rings. The number of nitrogens with zero attached hydrogens (tertiary/aromatic N) is 2. The van der Waals surface area contributed by atoms with Crippen molar-refractivity contribution in [1.29, 1.82) is 0 Å². The van der Waals surface area contributed by atoms with Gasteiger partial charge in [-0.2, -0.15) is 0 Å². The lowest BCUT2D eigenvalue weighted by molar-refractivity contribution is 0.676. The molecule has 21 heavy (non-hydrogen) atoms. The molecular weight excluding hydrogens is 305 g/mol. The van der Waals surface area contributed by atoms with Crippen LogP contribution in [0, 0.1) is 0 Å². The fourth-order valence-electron chi connectivity index (χ4n) is 2.48. The van der Waals surface area contributed by atoms with Gasteiger partial charge in [-0.3, -0.25) is 9.97 Å². The number of halogens is 2. The molecule has 0 aliphatic heterocycles. The second-order valence-electron chi connectivity index (χ2n) is 4.69. The standard InChI is InChI=1S/C16H13Cl2N3/c1-19-15(16-14(18)7-11(17)9-21-16)13-4-2-3-10-8-20-6-5-12(10)13/h2-9,15,19H,1H3. The van der Waals surface area contributed by atoms with Crippen LogP contribution in [0.4, 0.5) is 0 Å². The van der Waals surface area contributed by atoms with Gasteiger partial charge in [-0.25, -0.2) is 0 Å². The first-order valence-electron chi connectivity index (χ1n) is 6.51. The summed E-state index contributed by atoms with van der Waals surface area (Å²) >= 11 is 12.2. The SMILES string of the molecule is CNC(c1ncc(Cl)cc1Cl)c1cccc2cnccc12. The molecule has 1 atom stereocenters. The smallest absolute Gasteiger partial charge is 0.0805 e. The van der Waals surface area contributed by atoms with Crippen LogP contribution in [-0.2, 0) is 0 Å². The van der Waals surface area contributed by atoms with Crippen LogP contribution in [0.15, 0.2) is 48.9 Å². The summed E-state index contributed by atoms with van der Waals surface area (Å²) in [6.45, 7) is 0. The fraction of sp³-hybridized carbons (Fsp3) is 0.125. The van der Waals surface area contributed by atoms with Crippen molar-refractivity contribution in [3.63, 3.8) is 0 Å². The van der Waals surface area contributed by atoms with Gasteiger partial charge in [0.1, 0.15) is 0 Å². The molecule has 0 spiro atoms. The van der Waals surface area contributed by atoms with Crippen LogP contribution in [0.5, 0.6) is 0 Å². The molecule has 2 aromatic heterocycles. The van der Waals surface area contributed by atoms with Gasteiger partial charge in [-0.1, -0.05) is 41.4 Å². The molecule has 1 aromatic carbocycles. The molecule has 0 bridgehead atoms. The van der Waals surface area contributed by atoms with E-state index in [4.69, 9.17) is 23.2 Å². The normalized spacial score (nSPS) is 12.5. The van der Waals surface area contributed by atoms with Gasteiger partial charge in [-0.15, -0.1) is 0 Å². The molecular formula is C16H13Cl2N3. The minimum absolute atomic E-state index is 0.110. The number of benzene rings is 1. The van der Waals surface area contributed by atoms with E-state index in [0.29, 0.717) is 10.0 Å². The van der Waals surface area contributed by atoms with Gasteiger partial charge in [0, 0.05) is 24.0 Å². The maximum absolute atomic E-state index is 6.30. The largest absolute Gasteiger partial charge is 0.308 e. The lowest BCUT2D eigenvalue weighted by Crippen LogP contribution is -2.19. The summed E-state index contributed by atoms with van der Waals surface area (Å²) in [5, 5.41) is 6.56. The number of pyridine rings is 2. The Morgan fingerprint density at radius 3 is 2.76 bits per heavy atom. The Morgan fingerprint density at radius 1 is 1.14 bits per heavy atom. The van der Waals surface area contributed by atoms with Crippen molar-refractivity contribution in [3.05, 3.63) is 70.2 Å². The van der Waals surface area contributed by atoms with E-state index < -0.39 is 0 Å². The van der Waals surface area contributed by atoms with Gasteiger partial charge >= 0.3 is 0 Å². The van der Waals surface area contributed by atoms with Gasteiger partial charge < -0.3 is 5.32 Å². The lowest BCUT2D eigenvalue weighted by Gasteiger charge is -2.19. The van der Waals surface area contributed by atoms with E-state index in [1.165, 1.54) is 0 Å². The minimum atomic E-state index is -0.110. The number of hydrogen-bond acceptors (Lipinski definition) is 3. The first kappa shape index (κ1) is 14.3. The van der Waals surface area contributed by atoms with Gasteiger partial charge in [0.25, 0.3) is 0 Å². The summed E-state index contributed by atoms with van der Waals surface area (Å²) in [5.41, 5.74) is 1.86. The first-order chi connectivity index (χ1) is 10.2. The quantitative estimate of drug-likeness (QED) is 0.785. The van der Waals surface area contributed by atoms with Crippen LogP contribution in [0.3, 0.4) is 0 Å². The zero-order chi connectivity index (χ0) is 14.8. The van der Waals surface area contributed by atoms with E-state index in [1.807, 2.05) is 31.4 Å². The molecule has 1 unspecified atom stereocenters. The number of fused-ring (bicyclic) bond motifs is 1. The molecule has 3 nitrogen and oxygen atoms in total. The Labute approximate surface area is 132 Å². The molecule has 0 fully saturated rings. The molecule has 0 radical (unpaired) electrons. The van der Waals surface area contributed by atoms with Crippen molar-refractivity contribution in [1.82, 2.24) is 15.3 Å². The van der Waals surface area contributed by atoms with Crippen molar-refractivity contribution >= 4 is 34.0 Å². The second-order valence-corrected chi connectivity index (χ2v) is 5.53. The maximum atomic E-state index is 6.30. The third-order valence-corrected chi connectivity index (χ3v) is 3.93. The lowest BCUT2D eigenvalue weighted by atomic mass is 9.97. The average molecular weight is 318 g/mol. The highest BCUT2D eigenvalue weighted by atomic mass is 35.5. The third-order valence-electron chi connectivity index (χ3n) is 3.42. The summed E-state index contributed by atoms with van der Waals surface area (Å²) in [5.74, 6) is 0. The van der Waals surface area contributed by atoms with E-state index in [9.17, 15) is 0 Å². The van der Waals surface area contributed by atoms with Gasteiger partial charge in [-0.05, 0) is 30.1 Å². The van der Waals surface area contributed by atoms with Gasteiger partial charge in [0.2, 0.25) is 0 Å². The molecule has 3 aromatic rings. The molecule has 0 saturated heterocycles. The summed E-state index contributed by atoms with van der Waals surface area (Å²) in [7, 11) is 1.89. The molecule has 0 aliphatic carbocycles. The molecule has 5 heteroatoms. The minimum Gasteiger partial charge on any atom is -0.308 e. The van der Waals surface area contributed by atoms with Crippen LogP contribution < -0.4 is 5.32 Å². The molecule has 3 rings (SSSR count). The predicted molar refractivity (Wildman–Crippen MR) is 86.9 cm³/mol. The molecule has 0 saturated carbocycles. The van der Waals surface area contributed by atoms with E-state index in [-0.39, 0.29) is 6.04 Å². The molecule has 1 N–H and O–H groups in total. The monoisotopic (exact) mass is 317 g/mol. The highest BCUT2D eigenvalue weighted by Crippen LogP contribution is 2.31. The Morgan fingerprint density at radius 2 is 2.00 bits per heavy atom. The summed E-state index contributed by atoms with van der Waals surface area (Å²) in [6, 6.07) is 9.71. The van der Waals surface area contributed by atoms with E-state index in [0.717, 1.165) is 22.0 Å². The van der Waals surface area contributed by atoms with Crippen molar-refractivity contribution in [2.75, 3.05) is 7.05 Å². The van der Waals surface area contributed by atoms with Crippen LogP contribution in [0.25, 0.3) is 10.8 Å². The fourth-order valence-corrected chi connectivity index (χ4v) is 2.97. The Balaban J connectivity index is 2.18. The first-order valence-corrected chi connectivity index (χ1v) is 7.27. The van der Waals surface area contributed by atoms with Crippen LogP contribution in [-0.4, -0.2) is 17.0 Å². The highest BCUT2D eigenvalue weighted by molar-refractivity contribution is 6.34. The number of hydrogen-bond donors (Lipinski definition) is 1. The number of aromatic nitrogens is 2. The van der Waals surface area contributed by atoms with E-state index in [1.54, 1.807) is 18.5 Å². The maximum Gasteiger partial charge on any atom is 0.0805 e. The van der Waals surface area contributed by atoms with Gasteiger partial charge in [0.05, 0.1) is 21.8 Å². The second kappa shape index (κ2) is 5.98. The average Bonchev–Trinajstić information content (AvgIpc) is 2.50. The molecule has 2 heterocycles. The number of rotatable bonds is 3. The Hall–Kier alpha value is -1.68. The van der Waals surface area contributed by atoms with E-state index in [2.05, 4.69) is 21.4 Å². The van der Waals surface area contributed by atoms with Crippen molar-refractivity contribution in [2.24, 2.45) is 0 Å². The highest BCUT2D eigenvalue weighted by Gasteiger charge is 2.19. The van der Waals surface area contributed by atoms with Crippen LogP contribution in [0.1, 0.15) is 17.3 Å². The van der Waals surface area contributed by atoms with E-state index >= 15 is 0 Å². The van der Waals surface area contributed by atoms with Crippen LogP contribution >= 0.6 is 23.2 Å². The Bertz CT molecular complexity index is 784. The topological polar surface area (TPSA) is 37.8 Å². The number of nitrogens with one attached hydrogen (secondary N) is 1. The van der Waals surface area contributed by atoms with Crippen LogP contribution in [0.2, 0.25) is 10.0 Å². The summed E-state index contributed by atoms with van der Waals surface area (Å²) < 4.78 is 0. The summed E-state index contributed by atoms with van der Waals surface area (Å²) in [4.78, 5) is 8.55. The third kappa shape index (κ3) is 2.72. The molecule has 106 valence electrons. The van der Waals surface area contributed by atoms with Crippen molar-refractivity contribution < 1.29 is 0 Å². The van der Waals surface area contributed by atoms with Gasteiger partial charge in [0.15, 0.2) is 0 Å². The molecule has 0 amide bonds. The van der Waals surface area contributed by atoms with Crippen molar-refractivity contribution in [2.45, 2.75) is 6.04 Å².